The van der Waals surface area contributed by atoms with Crippen LogP contribution in [0.5, 0.6) is 0 Å². The van der Waals surface area contributed by atoms with Gasteiger partial charge in [0.15, 0.2) is 0 Å². The van der Waals surface area contributed by atoms with E-state index in [0.29, 0.717) is 18.8 Å². The molecule has 3 rings (SSSR count). The summed E-state index contributed by atoms with van der Waals surface area (Å²) < 4.78 is 39.4. The monoisotopic (exact) mass is 391 g/mol. The lowest BCUT2D eigenvalue weighted by atomic mass is 10.1. The SMILES string of the molecule is O=C(CN1CCN(C(=O)c2ccccc2C(F)(F)F)CC1)Nc1ccccc1. The van der Waals surface area contributed by atoms with Gasteiger partial charge in [-0.25, -0.2) is 0 Å². The molecular weight excluding hydrogens is 371 g/mol. The van der Waals surface area contributed by atoms with Crippen LogP contribution in [0.15, 0.2) is 54.6 Å². The Morgan fingerprint density at radius 3 is 2.14 bits per heavy atom. The second-order valence-corrected chi connectivity index (χ2v) is 6.53. The van der Waals surface area contributed by atoms with E-state index < -0.39 is 17.6 Å². The van der Waals surface area contributed by atoms with Crippen LogP contribution in [0.2, 0.25) is 0 Å². The van der Waals surface area contributed by atoms with Gasteiger partial charge in [-0.1, -0.05) is 30.3 Å². The number of anilines is 1. The van der Waals surface area contributed by atoms with Crippen molar-refractivity contribution < 1.29 is 22.8 Å². The molecule has 2 aromatic carbocycles. The van der Waals surface area contributed by atoms with Crippen molar-refractivity contribution in [2.45, 2.75) is 6.18 Å². The minimum Gasteiger partial charge on any atom is -0.336 e. The molecule has 5 nitrogen and oxygen atoms in total. The first-order valence-corrected chi connectivity index (χ1v) is 8.87. The fourth-order valence-corrected chi connectivity index (χ4v) is 3.12. The van der Waals surface area contributed by atoms with Crippen LogP contribution in [0.3, 0.4) is 0 Å². The Hall–Kier alpha value is -2.87. The average molecular weight is 391 g/mol. The molecule has 8 heteroatoms. The van der Waals surface area contributed by atoms with Gasteiger partial charge < -0.3 is 10.2 Å². The number of hydrogen-bond acceptors (Lipinski definition) is 3. The van der Waals surface area contributed by atoms with E-state index in [2.05, 4.69) is 5.32 Å². The largest absolute Gasteiger partial charge is 0.417 e. The number of nitrogens with zero attached hydrogens (tertiary/aromatic N) is 2. The highest BCUT2D eigenvalue weighted by Gasteiger charge is 2.36. The molecule has 0 aliphatic carbocycles. The zero-order valence-electron chi connectivity index (χ0n) is 15.1. The molecule has 1 heterocycles. The van der Waals surface area contributed by atoms with Gasteiger partial charge in [0.05, 0.1) is 17.7 Å². The first kappa shape index (κ1) is 19.9. The fourth-order valence-electron chi connectivity index (χ4n) is 3.12. The molecule has 0 unspecified atom stereocenters. The molecule has 2 amide bonds. The predicted octanol–water partition coefficient (Wildman–Crippen LogP) is 3.10. The summed E-state index contributed by atoms with van der Waals surface area (Å²) in [6.45, 7) is 1.54. The van der Waals surface area contributed by atoms with E-state index in [0.717, 1.165) is 6.07 Å². The Labute approximate surface area is 160 Å². The van der Waals surface area contributed by atoms with Crippen LogP contribution < -0.4 is 5.32 Å². The number of amides is 2. The Kier molecular flexibility index (Phi) is 5.99. The van der Waals surface area contributed by atoms with Crippen LogP contribution in [-0.2, 0) is 11.0 Å². The molecule has 0 bridgehead atoms. The summed E-state index contributed by atoms with van der Waals surface area (Å²) in [5.41, 5.74) is -0.569. The molecule has 28 heavy (non-hydrogen) atoms. The van der Waals surface area contributed by atoms with Gasteiger partial charge in [0.25, 0.3) is 5.91 Å². The van der Waals surface area contributed by atoms with Gasteiger partial charge in [-0.3, -0.25) is 14.5 Å². The predicted molar refractivity (Wildman–Crippen MR) is 98.9 cm³/mol. The third kappa shape index (κ3) is 4.89. The van der Waals surface area contributed by atoms with Gasteiger partial charge in [-0.15, -0.1) is 0 Å². The summed E-state index contributed by atoms with van der Waals surface area (Å²) in [4.78, 5) is 28.0. The molecule has 1 fully saturated rings. The highest BCUT2D eigenvalue weighted by molar-refractivity contribution is 5.96. The van der Waals surface area contributed by atoms with Crippen molar-refractivity contribution in [2.24, 2.45) is 0 Å². The molecule has 1 aliphatic heterocycles. The number of nitrogens with one attached hydrogen (secondary N) is 1. The maximum absolute atomic E-state index is 13.1. The molecule has 0 aromatic heterocycles. The molecule has 2 aromatic rings. The van der Waals surface area contributed by atoms with Gasteiger partial charge in [0.2, 0.25) is 5.91 Å². The molecule has 1 aliphatic rings. The summed E-state index contributed by atoms with van der Waals surface area (Å²) in [5, 5.41) is 2.79. The number of carbonyl (C=O) groups excluding carboxylic acids is 2. The lowest BCUT2D eigenvalue weighted by molar-refractivity contribution is -0.138. The highest BCUT2D eigenvalue weighted by atomic mass is 19.4. The summed E-state index contributed by atoms with van der Waals surface area (Å²) >= 11 is 0. The Morgan fingerprint density at radius 2 is 1.50 bits per heavy atom. The zero-order valence-corrected chi connectivity index (χ0v) is 15.1. The quantitative estimate of drug-likeness (QED) is 0.872. The van der Waals surface area contributed by atoms with Gasteiger partial charge in [-0.05, 0) is 24.3 Å². The van der Waals surface area contributed by atoms with Crippen LogP contribution in [-0.4, -0.2) is 54.3 Å². The summed E-state index contributed by atoms with van der Waals surface area (Å²) in [7, 11) is 0. The lowest BCUT2D eigenvalue weighted by Gasteiger charge is -2.34. The number of hydrogen-bond donors (Lipinski definition) is 1. The summed E-state index contributed by atoms with van der Waals surface area (Å²) in [5.74, 6) is -0.810. The number of piperazine rings is 1. The lowest BCUT2D eigenvalue weighted by Crippen LogP contribution is -2.50. The molecule has 0 saturated carbocycles. The Bertz CT molecular complexity index is 832. The second kappa shape index (κ2) is 8.43. The summed E-state index contributed by atoms with van der Waals surface area (Å²) in [6, 6.07) is 13.9. The van der Waals surface area contributed by atoms with Crippen molar-refractivity contribution in [3.05, 3.63) is 65.7 Å². The maximum Gasteiger partial charge on any atom is 0.417 e. The van der Waals surface area contributed by atoms with Gasteiger partial charge in [0.1, 0.15) is 0 Å². The number of halogens is 3. The summed E-state index contributed by atoms with van der Waals surface area (Å²) in [6.07, 6.45) is -4.58. The Morgan fingerprint density at radius 1 is 0.893 bits per heavy atom. The molecule has 1 N–H and O–H groups in total. The van der Waals surface area contributed by atoms with Crippen molar-refractivity contribution in [1.82, 2.24) is 9.80 Å². The van der Waals surface area contributed by atoms with E-state index in [1.54, 1.807) is 12.1 Å². The van der Waals surface area contributed by atoms with Gasteiger partial charge >= 0.3 is 6.18 Å². The van der Waals surface area contributed by atoms with E-state index in [4.69, 9.17) is 0 Å². The molecule has 1 saturated heterocycles. The van der Waals surface area contributed by atoms with E-state index in [1.807, 2.05) is 23.1 Å². The first-order chi connectivity index (χ1) is 13.3. The molecule has 148 valence electrons. The van der Waals surface area contributed by atoms with Crippen molar-refractivity contribution in [3.8, 4) is 0 Å². The van der Waals surface area contributed by atoms with Gasteiger partial charge in [0, 0.05) is 31.9 Å². The highest BCUT2D eigenvalue weighted by Crippen LogP contribution is 2.32. The standard InChI is InChI=1S/C20H20F3N3O2/c21-20(22,23)17-9-5-4-8-16(17)19(28)26-12-10-25(11-13-26)14-18(27)24-15-6-2-1-3-7-15/h1-9H,10-14H2,(H,24,27). The van der Waals surface area contributed by atoms with Crippen LogP contribution in [0.1, 0.15) is 15.9 Å². The molecular formula is C20H20F3N3O2. The minimum absolute atomic E-state index is 0.163. The van der Waals surface area contributed by atoms with E-state index in [-0.39, 0.29) is 31.1 Å². The second-order valence-electron chi connectivity index (χ2n) is 6.53. The van der Waals surface area contributed by atoms with E-state index in [1.165, 1.54) is 23.1 Å². The third-order valence-electron chi connectivity index (χ3n) is 4.55. The topological polar surface area (TPSA) is 52.7 Å². The minimum atomic E-state index is -4.58. The van der Waals surface area contributed by atoms with Crippen LogP contribution in [0.25, 0.3) is 0 Å². The van der Waals surface area contributed by atoms with Crippen molar-refractivity contribution in [2.75, 3.05) is 38.0 Å². The van der Waals surface area contributed by atoms with Crippen molar-refractivity contribution in [3.63, 3.8) is 0 Å². The smallest absolute Gasteiger partial charge is 0.336 e. The number of carbonyl (C=O) groups is 2. The van der Waals surface area contributed by atoms with Crippen molar-refractivity contribution in [1.29, 1.82) is 0 Å². The van der Waals surface area contributed by atoms with Crippen molar-refractivity contribution >= 4 is 17.5 Å². The number of benzene rings is 2. The molecule has 0 radical (unpaired) electrons. The molecule has 0 spiro atoms. The van der Waals surface area contributed by atoms with E-state index >= 15 is 0 Å². The fraction of sp³-hybridized carbons (Fsp3) is 0.300. The van der Waals surface area contributed by atoms with E-state index in [9.17, 15) is 22.8 Å². The van der Waals surface area contributed by atoms with Gasteiger partial charge in [-0.2, -0.15) is 13.2 Å². The molecule has 0 atom stereocenters. The normalized spacial score (nSPS) is 15.3. The third-order valence-corrected chi connectivity index (χ3v) is 4.55. The number of para-hydroxylation sites is 1. The number of rotatable bonds is 4. The maximum atomic E-state index is 13.1. The number of alkyl halides is 3. The average Bonchev–Trinajstić information content (AvgIpc) is 2.68. The van der Waals surface area contributed by atoms with Crippen LogP contribution in [0.4, 0.5) is 18.9 Å². The Balaban J connectivity index is 1.56. The zero-order chi connectivity index (χ0) is 20.1. The first-order valence-electron chi connectivity index (χ1n) is 8.87. The van der Waals surface area contributed by atoms with Crippen LogP contribution in [0, 0.1) is 0 Å². The van der Waals surface area contributed by atoms with Crippen LogP contribution >= 0.6 is 0 Å².